The third kappa shape index (κ3) is 3.05. The summed E-state index contributed by atoms with van der Waals surface area (Å²) in [6.45, 7) is 2.25. The molecule has 3 nitrogen and oxygen atoms in total. The van der Waals surface area contributed by atoms with Crippen molar-refractivity contribution in [2.24, 2.45) is 5.92 Å². The van der Waals surface area contributed by atoms with E-state index in [0.717, 1.165) is 39.8 Å². The van der Waals surface area contributed by atoms with Gasteiger partial charge in [-0.3, -0.25) is 0 Å². The van der Waals surface area contributed by atoms with Crippen molar-refractivity contribution in [3.8, 4) is 11.1 Å². The number of pyridine rings is 1. The summed E-state index contributed by atoms with van der Waals surface area (Å²) in [5, 5.41) is 2.29. The number of imidazole rings is 1. The molecule has 130 valence electrons. The summed E-state index contributed by atoms with van der Waals surface area (Å²) in [4.78, 5) is 9.60. The van der Waals surface area contributed by atoms with Gasteiger partial charge in [-0.05, 0) is 49.6 Å². The number of thioether (sulfide) groups is 1. The molecular weight excluding hydrogens is 373 g/mol. The third-order valence-corrected chi connectivity index (χ3v) is 6.07. The summed E-state index contributed by atoms with van der Waals surface area (Å²) in [5.41, 5.74) is 3.81. The van der Waals surface area contributed by atoms with Gasteiger partial charge in [-0.25, -0.2) is 9.97 Å². The zero-order valence-electron chi connectivity index (χ0n) is 14.2. The lowest BCUT2D eigenvalue weighted by Gasteiger charge is -2.18. The van der Waals surface area contributed by atoms with Crippen molar-refractivity contribution in [1.29, 1.82) is 0 Å². The minimum Gasteiger partial charge on any atom is -0.300 e. The highest BCUT2D eigenvalue weighted by Crippen LogP contribution is 2.45. The Morgan fingerprint density at radius 1 is 1.24 bits per heavy atom. The van der Waals surface area contributed by atoms with Gasteiger partial charge in [-0.2, -0.15) is 0 Å². The molecule has 1 aliphatic rings. The van der Waals surface area contributed by atoms with Crippen molar-refractivity contribution in [3.63, 3.8) is 0 Å². The molecule has 4 rings (SSSR count). The number of hydrogen-bond acceptors (Lipinski definition) is 3. The molecule has 1 aromatic carbocycles. The summed E-state index contributed by atoms with van der Waals surface area (Å²) in [5.74, 6) is 0.748. The van der Waals surface area contributed by atoms with E-state index in [0.29, 0.717) is 16.1 Å². The van der Waals surface area contributed by atoms with Crippen LogP contribution in [0.4, 0.5) is 0 Å². The zero-order chi connectivity index (χ0) is 17.6. The van der Waals surface area contributed by atoms with E-state index in [1.807, 2.05) is 24.4 Å². The molecule has 6 heteroatoms. The molecule has 1 atom stereocenters. The Morgan fingerprint density at radius 2 is 2.04 bits per heavy atom. The van der Waals surface area contributed by atoms with Crippen molar-refractivity contribution in [2.45, 2.75) is 37.4 Å². The van der Waals surface area contributed by atoms with E-state index in [1.54, 1.807) is 17.8 Å². The molecule has 0 N–H and O–H groups in total. The van der Waals surface area contributed by atoms with Crippen LogP contribution in [0, 0.1) is 5.92 Å². The molecule has 0 amide bonds. The zero-order valence-corrected chi connectivity index (χ0v) is 16.5. The maximum Gasteiger partial charge on any atom is 0.170 e. The standard InChI is InChI=1S/C19H19Cl2N3S/c1-3-16(11-4-5-11)24-18-17(23-19(24)25-2)14(8-9-22-18)13-7-6-12(20)10-15(13)21/h6-11,16H,3-5H2,1-2H3. The number of fused-ring (bicyclic) bond motifs is 1. The Labute approximate surface area is 161 Å². The van der Waals surface area contributed by atoms with Crippen molar-refractivity contribution in [1.82, 2.24) is 14.5 Å². The second-order valence-electron chi connectivity index (χ2n) is 6.44. The highest BCUT2D eigenvalue weighted by atomic mass is 35.5. The normalized spacial score (nSPS) is 15.7. The van der Waals surface area contributed by atoms with E-state index in [9.17, 15) is 0 Å². The molecule has 0 aliphatic heterocycles. The third-order valence-electron chi connectivity index (χ3n) is 4.87. The predicted octanol–water partition coefficient (Wildman–Crippen LogP) is 6.49. The Bertz CT molecular complexity index is 934. The number of benzene rings is 1. The highest BCUT2D eigenvalue weighted by Gasteiger charge is 2.34. The fourth-order valence-corrected chi connectivity index (χ4v) is 4.66. The van der Waals surface area contributed by atoms with Crippen LogP contribution in [0.15, 0.2) is 35.6 Å². The maximum atomic E-state index is 6.45. The second kappa shape index (κ2) is 6.82. The van der Waals surface area contributed by atoms with Gasteiger partial charge in [0.1, 0.15) is 5.52 Å². The van der Waals surface area contributed by atoms with Crippen LogP contribution in [0.1, 0.15) is 32.2 Å². The van der Waals surface area contributed by atoms with Gasteiger partial charge in [0.15, 0.2) is 10.8 Å². The second-order valence-corrected chi connectivity index (χ2v) is 8.05. The molecule has 1 fully saturated rings. The average molecular weight is 392 g/mol. The molecule has 0 radical (unpaired) electrons. The van der Waals surface area contributed by atoms with Crippen molar-refractivity contribution >= 4 is 46.1 Å². The van der Waals surface area contributed by atoms with Crippen LogP contribution < -0.4 is 0 Å². The Hall–Kier alpha value is -1.23. The van der Waals surface area contributed by atoms with Gasteiger partial charge in [-0.15, -0.1) is 0 Å². The van der Waals surface area contributed by atoms with Gasteiger partial charge in [-0.1, -0.05) is 48.0 Å². The van der Waals surface area contributed by atoms with Crippen LogP contribution in [0.2, 0.25) is 10.0 Å². The summed E-state index contributed by atoms with van der Waals surface area (Å²) >= 11 is 14.2. The molecule has 2 aromatic heterocycles. The van der Waals surface area contributed by atoms with Crippen LogP contribution in [0.3, 0.4) is 0 Å². The minimum atomic E-state index is 0.468. The highest BCUT2D eigenvalue weighted by molar-refractivity contribution is 7.98. The fourth-order valence-electron chi connectivity index (χ4n) is 3.55. The van der Waals surface area contributed by atoms with E-state index >= 15 is 0 Å². The van der Waals surface area contributed by atoms with Crippen molar-refractivity contribution in [2.75, 3.05) is 6.26 Å². The fraction of sp³-hybridized carbons (Fsp3) is 0.368. The summed E-state index contributed by atoms with van der Waals surface area (Å²) in [6.07, 6.45) is 7.62. The molecule has 2 heterocycles. The number of rotatable bonds is 5. The maximum absolute atomic E-state index is 6.45. The summed E-state index contributed by atoms with van der Waals surface area (Å²) < 4.78 is 2.34. The Balaban J connectivity index is 1.94. The largest absolute Gasteiger partial charge is 0.300 e. The number of nitrogens with zero attached hydrogens (tertiary/aromatic N) is 3. The van der Waals surface area contributed by atoms with Gasteiger partial charge in [0.25, 0.3) is 0 Å². The SMILES string of the molecule is CCC(C1CC1)n1c(SC)nc2c(-c3ccc(Cl)cc3Cl)ccnc21. The van der Waals surface area contributed by atoms with E-state index in [2.05, 4.69) is 22.7 Å². The van der Waals surface area contributed by atoms with Crippen LogP contribution in [0.5, 0.6) is 0 Å². The molecule has 0 spiro atoms. The molecule has 1 aliphatic carbocycles. The summed E-state index contributed by atoms with van der Waals surface area (Å²) in [7, 11) is 0. The summed E-state index contributed by atoms with van der Waals surface area (Å²) in [6, 6.07) is 8.04. The van der Waals surface area contributed by atoms with Gasteiger partial charge < -0.3 is 4.57 Å². The van der Waals surface area contributed by atoms with Gasteiger partial charge in [0.05, 0.1) is 0 Å². The lowest BCUT2D eigenvalue weighted by molar-refractivity contribution is 0.413. The van der Waals surface area contributed by atoms with E-state index in [1.165, 1.54) is 12.8 Å². The van der Waals surface area contributed by atoms with E-state index < -0.39 is 0 Å². The smallest absolute Gasteiger partial charge is 0.170 e. The molecule has 0 bridgehead atoms. The first-order chi connectivity index (χ1) is 12.1. The predicted molar refractivity (Wildman–Crippen MR) is 107 cm³/mol. The van der Waals surface area contributed by atoms with Crippen LogP contribution in [-0.2, 0) is 0 Å². The van der Waals surface area contributed by atoms with Gasteiger partial charge in [0.2, 0.25) is 0 Å². The van der Waals surface area contributed by atoms with E-state index in [-0.39, 0.29) is 0 Å². The molecule has 3 aromatic rings. The van der Waals surface area contributed by atoms with Crippen molar-refractivity contribution < 1.29 is 0 Å². The van der Waals surface area contributed by atoms with Crippen LogP contribution in [-0.4, -0.2) is 20.8 Å². The number of aromatic nitrogens is 3. The van der Waals surface area contributed by atoms with Gasteiger partial charge in [0, 0.05) is 33.4 Å². The Morgan fingerprint density at radius 3 is 2.68 bits per heavy atom. The number of hydrogen-bond donors (Lipinski definition) is 0. The Kier molecular flexibility index (Phi) is 4.69. The lowest BCUT2D eigenvalue weighted by Crippen LogP contribution is -2.11. The quantitative estimate of drug-likeness (QED) is 0.465. The molecular formula is C19H19Cl2N3S. The first kappa shape index (κ1) is 17.2. The lowest BCUT2D eigenvalue weighted by atomic mass is 10.1. The van der Waals surface area contributed by atoms with Crippen LogP contribution >= 0.6 is 35.0 Å². The number of halogens is 2. The molecule has 1 saturated carbocycles. The monoisotopic (exact) mass is 391 g/mol. The minimum absolute atomic E-state index is 0.468. The molecule has 1 unspecified atom stereocenters. The average Bonchev–Trinajstić information content (AvgIpc) is 3.36. The van der Waals surface area contributed by atoms with Crippen LogP contribution in [0.25, 0.3) is 22.3 Å². The first-order valence-corrected chi connectivity index (χ1v) is 10.5. The topological polar surface area (TPSA) is 30.7 Å². The van der Waals surface area contributed by atoms with E-state index in [4.69, 9.17) is 28.2 Å². The van der Waals surface area contributed by atoms with Crippen molar-refractivity contribution in [3.05, 3.63) is 40.5 Å². The molecule has 0 saturated heterocycles. The molecule has 25 heavy (non-hydrogen) atoms. The first-order valence-electron chi connectivity index (χ1n) is 8.50. The van der Waals surface area contributed by atoms with Gasteiger partial charge >= 0.3 is 0 Å².